The van der Waals surface area contributed by atoms with Gasteiger partial charge in [0.2, 0.25) is 5.91 Å². The van der Waals surface area contributed by atoms with Crippen LogP contribution in [0, 0.1) is 5.41 Å². The molecule has 0 spiro atoms. The topological polar surface area (TPSA) is 45.3 Å². The average molecular weight is 438 g/mol. The third-order valence-electron chi connectivity index (χ3n) is 5.73. The number of para-hydroxylation sites is 1. The van der Waals surface area contributed by atoms with E-state index in [9.17, 15) is 4.79 Å². The van der Waals surface area contributed by atoms with Crippen LogP contribution >= 0.6 is 22.6 Å². The van der Waals surface area contributed by atoms with Crippen LogP contribution in [0.5, 0.6) is 0 Å². The molecule has 2 fully saturated rings. The van der Waals surface area contributed by atoms with Gasteiger partial charge < -0.3 is 14.6 Å². The molecule has 3 heterocycles. The number of aromatic amines is 1. The Bertz CT molecular complexity index is 744. The summed E-state index contributed by atoms with van der Waals surface area (Å²) < 4.78 is 7.09. The molecule has 0 bridgehead atoms. The Morgan fingerprint density at radius 1 is 1.42 bits per heavy atom. The highest BCUT2D eigenvalue weighted by Gasteiger charge is 2.47. The van der Waals surface area contributed by atoms with Crippen molar-refractivity contribution in [1.29, 1.82) is 0 Å². The Kier molecular flexibility index (Phi) is 4.56. The number of carbonyl (C=O) groups excluding carboxylic acids is 1. The highest BCUT2D eigenvalue weighted by molar-refractivity contribution is 14.1. The maximum atomic E-state index is 12.9. The number of rotatable bonds is 4. The van der Waals surface area contributed by atoms with E-state index in [4.69, 9.17) is 4.74 Å². The van der Waals surface area contributed by atoms with Crippen molar-refractivity contribution in [1.82, 2.24) is 9.88 Å². The van der Waals surface area contributed by atoms with Gasteiger partial charge in [-0.1, -0.05) is 40.8 Å². The lowest BCUT2D eigenvalue weighted by Gasteiger charge is -2.43. The lowest BCUT2D eigenvalue weighted by Crippen LogP contribution is -2.52. The van der Waals surface area contributed by atoms with E-state index in [-0.39, 0.29) is 11.3 Å². The minimum atomic E-state index is 0.190. The van der Waals surface area contributed by atoms with Crippen molar-refractivity contribution in [2.75, 3.05) is 24.1 Å². The third-order valence-corrected chi connectivity index (χ3v) is 6.27. The number of fused-ring (bicyclic) bond motifs is 2. The van der Waals surface area contributed by atoms with Gasteiger partial charge in [-0.05, 0) is 30.9 Å². The number of H-pyrrole nitrogens is 1. The maximum absolute atomic E-state index is 12.9. The number of amides is 1. The van der Waals surface area contributed by atoms with Crippen molar-refractivity contribution in [3.05, 3.63) is 36.0 Å². The van der Waals surface area contributed by atoms with Crippen LogP contribution in [0.3, 0.4) is 0 Å². The van der Waals surface area contributed by atoms with E-state index in [2.05, 4.69) is 44.6 Å². The first kappa shape index (κ1) is 16.4. The van der Waals surface area contributed by atoms with Crippen LogP contribution in [0.15, 0.2) is 30.5 Å². The molecule has 2 atom stereocenters. The fourth-order valence-corrected chi connectivity index (χ4v) is 5.44. The molecule has 24 heavy (non-hydrogen) atoms. The molecule has 0 unspecified atom stereocenters. The van der Waals surface area contributed by atoms with E-state index in [1.165, 1.54) is 0 Å². The molecule has 0 radical (unpaired) electrons. The van der Waals surface area contributed by atoms with Gasteiger partial charge in [0.1, 0.15) is 0 Å². The first-order chi connectivity index (χ1) is 11.7. The molecule has 1 aromatic carbocycles. The Balaban J connectivity index is 1.50. The van der Waals surface area contributed by atoms with Crippen LogP contribution in [-0.2, 0) is 16.0 Å². The molecule has 0 saturated carbocycles. The standard InChI is InChI=1S/C19H23IN2O2/c20-8-6-19-7-10-24-17(19)5-9-22(13-19)18(23)11-14-12-21-16-4-2-1-3-15(14)16/h1-4,12,17,21H,5-11,13H2/t17-,19+/m0/s1. The normalized spacial score (nSPS) is 26.7. The number of ether oxygens (including phenoxy) is 1. The number of nitrogens with zero attached hydrogens (tertiary/aromatic N) is 1. The molecule has 5 heteroatoms. The molecule has 2 aliphatic rings. The van der Waals surface area contributed by atoms with Gasteiger partial charge in [0.15, 0.2) is 0 Å². The summed E-state index contributed by atoms with van der Waals surface area (Å²) in [6, 6.07) is 8.19. The number of nitrogens with one attached hydrogen (secondary N) is 1. The minimum Gasteiger partial charge on any atom is -0.377 e. The minimum absolute atomic E-state index is 0.190. The SMILES string of the molecule is O=C(Cc1c[nH]c2ccccc12)N1CC[C@@H]2OCC[C@]2(CCI)C1. The van der Waals surface area contributed by atoms with E-state index in [1.807, 2.05) is 18.3 Å². The number of likely N-dealkylation sites (tertiary alicyclic amines) is 1. The smallest absolute Gasteiger partial charge is 0.227 e. The quantitative estimate of drug-likeness (QED) is 0.587. The third kappa shape index (κ3) is 2.86. The molecule has 4 nitrogen and oxygen atoms in total. The highest BCUT2D eigenvalue weighted by atomic mass is 127. The number of alkyl halides is 1. The maximum Gasteiger partial charge on any atom is 0.227 e. The molecule has 1 amide bonds. The molecule has 4 rings (SSSR count). The van der Waals surface area contributed by atoms with Gasteiger partial charge in [0, 0.05) is 46.6 Å². The Morgan fingerprint density at radius 2 is 2.29 bits per heavy atom. The first-order valence-electron chi connectivity index (χ1n) is 8.72. The number of benzene rings is 1. The molecule has 0 aliphatic carbocycles. The zero-order valence-electron chi connectivity index (χ0n) is 13.8. The number of hydrogen-bond donors (Lipinski definition) is 1. The summed E-state index contributed by atoms with van der Waals surface area (Å²) in [6.45, 7) is 2.54. The Labute approximate surface area is 156 Å². The van der Waals surface area contributed by atoms with Crippen LogP contribution in [0.4, 0.5) is 0 Å². The molecular formula is C19H23IN2O2. The summed E-state index contributed by atoms with van der Waals surface area (Å²) >= 11 is 2.45. The number of aromatic nitrogens is 1. The molecular weight excluding hydrogens is 415 g/mol. The largest absolute Gasteiger partial charge is 0.377 e. The zero-order valence-corrected chi connectivity index (χ0v) is 15.9. The predicted molar refractivity (Wildman–Crippen MR) is 103 cm³/mol. The zero-order chi connectivity index (χ0) is 16.6. The van der Waals surface area contributed by atoms with Gasteiger partial charge in [0.25, 0.3) is 0 Å². The Morgan fingerprint density at radius 3 is 3.17 bits per heavy atom. The van der Waals surface area contributed by atoms with Crippen LogP contribution in [0.2, 0.25) is 0 Å². The molecule has 128 valence electrons. The summed E-state index contributed by atoms with van der Waals surface area (Å²) in [5.74, 6) is 0.248. The summed E-state index contributed by atoms with van der Waals surface area (Å²) in [5.41, 5.74) is 2.39. The predicted octanol–water partition coefficient (Wildman–Crippen LogP) is 3.54. The second kappa shape index (κ2) is 6.67. The van der Waals surface area contributed by atoms with Crippen molar-refractivity contribution < 1.29 is 9.53 Å². The van der Waals surface area contributed by atoms with Crippen molar-refractivity contribution in [3.8, 4) is 0 Å². The number of carbonyl (C=O) groups is 1. The molecule has 1 aromatic heterocycles. The second-order valence-electron chi connectivity index (χ2n) is 7.05. The monoisotopic (exact) mass is 438 g/mol. The van der Waals surface area contributed by atoms with Crippen molar-refractivity contribution in [2.45, 2.75) is 31.8 Å². The van der Waals surface area contributed by atoms with Gasteiger partial charge in [0.05, 0.1) is 12.5 Å². The summed E-state index contributed by atoms with van der Waals surface area (Å²) in [6.07, 6.45) is 6.04. The van der Waals surface area contributed by atoms with E-state index in [0.29, 0.717) is 12.5 Å². The van der Waals surface area contributed by atoms with Gasteiger partial charge >= 0.3 is 0 Å². The van der Waals surface area contributed by atoms with E-state index in [0.717, 1.165) is 59.9 Å². The number of hydrogen-bond acceptors (Lipinski definition) is 2. The Hall–Kier alpha value is -1.08. The summed E-state index contributed by atoms with van der Waals surface area (Å²) in [7, 11) is 0. The van der Waals surface area contributed by atoms with Gasteiger partial charge in [-0.3, -0.25) is 4.79 Å². The highest BCUT2D eigenvalue weighted by Crippen LogP contribution is 2.44. The molecule has 2 aliphatic heterocycles. The van der Waals surface area contributed by atoms with Gasteiger partial charge in [-0.25, -0.2) is 0 Å². The summed E-state index contributed by atoms with van der Waals surface area (Å²) in [4.78, 5) is 18.3. The van der Waals surface area contributed by atoms with Crippen LogP contribution < -0.4 is 0 Å². The molecule has 2 saturated heterocycles. The lowest BCUT2D eigenvalue weighted by molar-refractivity contribution is -0.136. The van der Waals surface area contributed by atoms with E-state index >= 15 is 0 Å². The van der Waals surface area contributed by atoms with E-state index in [1.54, 1.807) is 0 Å². The fourth-order valence-electron chi connectivity index (χ4n) is 4.36. The van der Waals surface area contributed by atoms with Crippen LogP contribution in [0.25, 0.3) is 10.9 Å². The number of piperidine rings is 1. The van der Waals surface area contributed by atoms with Crippen LogP contribution in [-0.4, -0.2) is 46.0 Å². The fraction of sp³-hybridized carbons (Fsp3) is 0.526. The lowest BCUT2D eigenvalue weighted by atomic mass is 9.74. The number of halogens is 1. The first-order valence-corrected chi connectivity index (χ1v) is 10.2. The van der Waals surface area contributed by atoms with Crippen molar-refractivity contribution in [2.24, 2.45) is 5.41 Å². The summed E-state index contributed by atoms with van der Waals surface area (Å²) in [5, 5.41) is 1.16. The average Bonchev–Trinajstić information content (AvgIpc) is 3.19. The van der Waals surface area contributed by atoms with E-state index < -0.39 is 0 Å². The van der Waals surface area contributed by atoms with Gasteiger partial charge in [-0.15, -0.1) is 0 Å². The molecule has 1 N–H and O–H groups in total. The van der Waals surface area contributed by atoms with Crippen molar-refractivity contribution >= 4 is 39.4 Å². The second-order valence-corrected chi connectivity index (χ2v) is 8.13. The van der Waals surface area contributed by atoms with Crippen molar-refractivity contribution in [3.63, 3.8) is 0 Å². The van der Waals surface area contributed by atoms with Gasteiger partial charge in [-0.2, -0.15) is 0 Å². The molecule has 2 aromatic rings. The van der Waals surface area contributed by atoms with Crippen LogP contribution in [0.1, 0.15) is 24.8 Å².